The van der Waals surface area contributed by atoms with Crippen LogP contribution in [0.15, 0.2) is 29.6 Å². The average molecular weight is 378 g/mol. The summed E-state index contributed by atoms with van der Waals surface area (Å²) in [5.41, 5.74) is 1.12. The summed E-state index contributed by atoms with van der Waals surface area (Å²) in [4.78, 5) is 40.7. The van der Waals surface area contributed by atoms with Crippen LogP contribution in [0.5, 0.6) is 0 Å². The Morgan fingerprint density at radius 3 is 2.68 bits per heavy atom. The Balaban J connectivity index is 1.52. The first-order chi connectivity index (χ1) is 12.1. The van der Waals surface area contributed by atoms with Gasteiger partial charge in [0.1, 0.15) is 10.7 Å². The van der Waals surface area contributed by atoms with Crippen LogP contribution in [0.3, 0.4) is 0 Å². The van der Waals surface area contributed by atoms with Crippen LogP contribution in [0, 0.1) is 0 Å². The van der Waals surface area contributed by atoms with Gasteiger partial charge in [0.2, 0.25) is 11.8 Å². The van der Waals surface area contributed by atoms with Gasteiger partial charge in [0.15, 0.2) is 0 Å². The highest BCUT2D eigenvalue weighted by atomic mass is 35.5. The Hall–Kier alpha value is -2.25. The number of imide groups is 1. The van der Waals surface area contributed by atoms with Crippen LogP contribution in [0.4, 0.5) is 0 Å². The molecule has 1 aliphatic heterocycles. The first kappa shape index (κ1) is 17.6. The number of rotatable bonds is 6. The standard InChI is InChI=1S/C17H16ClN3O3S/c18-12-5-2-1-4-11(12)17-20-13(10-25-17)16(24)19-8-3-9-21-14(22)6-7-15(21)23/h1-2,4-5,10H,3,6-9H2,(H,19,24). The van der Waals surface area contributed by atoms with Crippen molar-refractivity contribution >= 4 is 40.7 Å². The molecule has 0 bridgehead atoms. The lowest BCUT2D eigenvalue weighted by Gasteiger charge is -2.13. The number of amides is 3. The van der Waals surface area contributed by atoms with Crippen LogP contribution in [0.2, 0.25) is 5.02 Å². The van der Waals surface area contributed by atoms with Gasteiger partial charge in [0.05, 0.1) is 5.02 Å². The number of nitrogens with one attached hydrogen (secondary N) is 1. The third-order valence-corrected chi connectivity index (χ3v) is 5.05. The number of nitrogens with zero attached hydrogens (tertiary/aromatic N) is 2. The van der Waals surface area contributed by atoms with Crippen molar-refractivity contribution in [1.82, 2.24) is 15.2 Å². The zero-order valence-electron chi connectivity index (χ0n) is 13.3. The van der Waals surface area contributed by atoms with Crippen LogP contribution in [-0.2, 0) is 9.59 Å². The van der Waals surface area contributed by atoms with E-state index < -0.39 is 0 Å². The van der Waals surface area contributed by atoms with Gasteiger partial charge in [-0.15, -0.1) is 11.3 Å². The molecule has 3 rings (SSSR count). The fourth-order valence-corrected chi connectivity index (χ4v) is 3.66. The number of thiazole rings is 1. The maximum atomic E-state index is 12.2. The van der Waals surface area contributed by atoms with Crippen molar-refractivity contribution < 1.29 is 14.4 Å². The summed E-state index contributed by atoms with van der Waals surface area (Å²) < 4.78 is 0. The van der Waals surface area contributed by atoms with Gasteiger partial charge < -0.3 is 5.32 Å². The molecular formula is C17H16ClN3O3S. The molecule has 130 valence electrons. The fraction of sp³-hybridized carbons (Fsp3) is 0.294. The number of hydrogen-bond acceptors (Lipinski definition) is 5. The van der Waals surface area contributed by atoms with E-state index in [1.54, 1.807) is 11.4 Å². The molecule has 2 aromatic rings. The number of aromatic nitrogens is 1. The van der Waals surface area contributed by atoms with Gasteiger partial charge in [0.25, 0.3) is 5.91 Å². The molecule has 25 heavy (non-hydrogen) atoms. The summed E-state index contributed by atoms with van der Waals surface area (Å²) in [6.07, 6.45) is 1.09. The zero-order valence-corrected chi connectivity index (χ0v) is 14.9. The van der Waals surface area contributed by atoms with Gasteiger partial charge in [-0.25, -0.2) is 4.98 Å². The molecule has 1 aromatic heterocycles. The Bertz CT molecular complexity index is 805. The van der Waals surface area contributed by atoms with Crippen molar-refractivity contribution in [2.24, 2.45) is 0 Å². The van der Waals surface area contributed by atoms with E-state index in [0.29, 0.717) is 35.2 Å². The number of hydrogen-bond donors (Lipinski definition) is 1. The predicted molar refractivity (Wildman–Crippen MR) is 95.5 cm³/mol. The van der Waals surface area contributed by atoms with Crippen LogP contribution in [-0.4, -0.2) is 40.7 Å². The quantitative estimate of drug-likeness (QED) is 0.620. The molecule has 1 saturated heterocycles. The van der Waals surface area contributed by atoms with E-state index >= 15 is 0 Å². The molecule has 0 unspecified atom stereocenters. The molecule has 6 nitrogen and oxygen atoms in total. The van der Waals surface area contributed by atoms with E-state index in [9.17, 15) is 14.4 Å². The lowest BCUT2D eigenvalue weighted by atomic mass is 10.2. The molecule has 3 amide bonds. The largest absolute Gasteiger partial charge is 0.351 e. The third kappa shape index (κ3) is 4.05. The Morgan fingerprint density at radius 1 is 1.24 bits per heavy atom. The third-order valence-electron chi connectivity index (χ3n) is 3.84. The second kappa shape index (κ2) is 7.76. The molecule has 0 spiro atoms. The molecular weight excluding hydrogens is 362 g/mol. The Kier molecular flexibility index (Phi) is 5.45. The van der Waals surface area contributed by atoms with E-state index in [4.69, 9.17) is 11.6 Å². The van der Waals surface area contributed by atoms with E-state index in [2.05, 4.69) is 10.3 Å². The topological polar surface area (TPSA) is 79.4 Å². The highest BCUT2D eigenvalue weighted by molar-refractivity contribution is 7.13. The molecule has 1 N–H and O–H groups in total. The number of benzene rings is 1. The van der Waals surface area contributed by atoms with Gasteiger partial charge in [-0.3, -0.25) is 19.3 Å². The smallest absolute Gasteiger partial charge is 0.270 e. The predicted octanol–water partition coefficient (Wildman–Crippen LogP) is 2.73. The minimum Gasteiger partial charge on any atom is -0.351 e. The van der Waals surface area contributed by atoms with Gasteiger partial charge in [-0.1, -0.05) is 29.8 Å². The lowest BCUT2D eigenvalue weighted by Crippen LogP contribution is -2.33. The first-order valence-corrected chi connectivity index (χ1v) is 9.14. The second-order valence-electron chi connectivity index (χ2n) is 5.57. The summed E-state index contributed by atoms with van der Waals surface area (Å²) in [6.45, 7) is 0.703. The average Bonchev–Trinajstić information content (AvgIpc) is 3.20. The highest BCUT2D eigenvalue weighted by Crippen LogP contribution is 2.29. The molecule has 0 aliphatic carbocycles. The summed E-state index contributed by atoms with van der Waals surface area (Å²) in [7, 11) is 0. The SMILES string of the molecule is O=C(NCCCN1C(=O)CCC1=O)c1csc(-c2ccccc2Cl)n1. The van der Waals surface area contributed by atoms with E-state index in [0.717, 1.165) is 5.56 Å². The molecule has 2 heterocycles. The molecule has 8 heteroatoms. The summed E-state index contributed by atoms with van der Waals surface area (Å²) in [5.74, 6) is -0.561. The van der Waals surface area contributed by atoms with Crippen molar-refractivity contribution in [1.29, 1.82) is 0 Å². The van der Waals surface area contributed by atoms with Crippen molar-refractivity contribution in [2.45, 2.75) is 19.3 Å². The van der Waals surface area contributed by atoms with Crippen LogP contribution >= 0.6 is 22.9 Å². The Labute approximate surface area is 153 Å². The normalized spacial score (nSPS) is 14.2. The molecule has 0 atom stereocenters. The second-order valence-corrected chi connectivity index (χ2v) is 6.83. The van der Waals surface area contributed by atoms with Crippen molar-refractivity contribution in [3.05, 3.63) is 40.4 Å². The van der Waals surface area contributed by atoms with Crippen LogP contribution < -0.4 is 5.32 Å². The molecule has 1 aromatic carbocycles. The van der Waals surface area contributed by atoms with Gasteiger partial charge in [-0.2, -0.15) is 0 Å². The zero-order chi connectivity index (χ0) is 17.8. The summed E-state index contributed by atoms with van der Waals surface area (Å²) in [6, 6.07) is 7.33. The summed E-state index contributed by atoms with van der Waals surface area (Å²) in [5, 5.41) is 5.71. The molecule has 0 saturated carbocycles. The molecule has 1 fully saturated rings. The minimum atomic E-state index is -0.284. The van der Waals surface area contributed by atoms with E-state index in [-0.39, 0.29) is 30.6 Å². The number of carbonyl (C=O) groups excluding carboxylic acids is 3. The number of carbonyl (C=O) groups is 3. The van der Waals surface area contributed by atoms with Crippen LogP contribution in [0.1, 0.15) is 29.8 Å². The number of halogens is 1. The maximum absolute atomic E-state index is 12.2. The highest BCUT2D eigenvalue weighted by Gasteiger charge is 2.27. The van der Waals surface area contributed by atoms with Gasteiger partial charge in [0, 0.05) is 36.9 Å². The van der Waals surface area contributed by atoms with Crippen molar-refractivity contribution in [3.63, 3.8) is 0 Å². The summed E-state index contributed by atoms with van der Waals surface area (Å²) >= 11 is 7.49. The van der Waals surface area contributed by atoms with Gasteiger partial charge >= 0.3 is 0 Å². The van der Waals surface area contributed by atoms with E-state index in [1.165, 1.54) is 16.2 Å². The van der Waals surface area contributed by atoms with Gasteiger partial charge in [-0.05, 0) is 12.5 Å². The Morgan fingerprint density at radius 2 is 1.96 bits per heavy atom. The van der Waals surface area contributed by atoms with Crippen LogP contribution in [0.25, 0.3) is 10.6 Å². The molecule has 0 radical (unpaired) electrons. The first-order valence-electron chi connectivity index (χ1n) is 7.88. The minimum absolute atomic E-state index is 0.139. The van der Waals surface area contributed by atoms with Crippen molar-refractivity contribution in [3.8, 4) is 10.6 Å². The molecule has 1 aliphatic rings. The monoisotopic (exact) mass is 377 g/mol. The fourth-order valence-electron chi connectivity index (χ4n) is 2.54. The van der Waals surface area contributed by atoms with Crippen molar-refractivity contribution in [2.75, 3.05) is 13.1 Å². The lowest BCUT2D eigenvalue weighted by molar-refractivity contribution is -0.138. The maximum Gasteiger partial charge on any atom is 0.270 e. The number of likely N-dealkylation sites (tertiary alicyclic amines) is 1. The van der Waals surface area contributed by atoms with E-state index in [1.807, 2.05) is 18.2 Å².